The van der Waals surface area contributed by atoms with Crippen LogP contribution in [-0.4, -0.2) is 30.8 Å². The Labute approximate surface area is 113 Å². The Bertz CT molecular complexity index is 622. The molecule has 0 bridgehead atoms. The maximum Gasteiger partial charge on any atom is 0.336 e. The van der Waals surface area contributed by atoms with Gasteiger partial charge in [0.25, 0.3) is 0 Å². The number of hydrogen-bond acceptors (Lipinski definition) is 3. The molecule has 5 nitrogen and oxygen atoms in total. The van der Waals surface area contributed by atoms with Crippen LogP contribution in [0.3, 0.4) is 0 Å². The average Bonchev–Trinajstić information content (AvgIpc) is 2.81. The zero-order valence-electron chi connectivity index (χ0n) is 10.4. The first-order valence-corrected chi connectivity index (χ1v) is 7.09. The van der Waals surface area contributed by atoms with Crippen molar-refractivity contribution in [1.82, 2.24) is 9.78 Å². The summed E-state index contributed by atoms with van der Waals surface area (Å²) in [6, 6.07) is 8.26. The van der Waals surface area contributed by atoms with Gasteiger partial charge in [-0.1, -0.05) is 12.1 Å². The lowest BCUT2D eigenvalue weighted by Gasteiger charge is -2.06. The normalized spacial score (nSPS) is 12.3. The van der Waals surface area contributed by atoms with Gasteiger partial charge < -0.3 is 5.11 Å². The van der Waals surface area contributed by atoms with Crippen LogP contribution in [0, 0.1) is 0 Å². The molecule has 0 aliphatic heterocycles. The first kappa shape index (κ1) is 13.5. The van der Waals surface area contributed by atoms with Crippen LogP contribution in [0.25, 0.3) is 0 Å². The van der Waals surface area contributed by atoms with E-state index in [9.17, 15) is 9.00 Å². The molecule has 6 heteroatoms. The highest BCUT2D eigenvalue weighted by molar-refractivity contribution is 7.85. The molecule has 0 aliphatic carbocycles. The van der Waals surface area contributed by atoms with Crippen molar-refractivity contribution in [2.45, 2.75) is 11.3 Å². The number of benzene rings is 1. The topological polar surface area (TPSA) is 72.2 Å². The molecular weight excluding hydrogens is 264 g/mol. The largest absolute Gasteiger partial charge is 0.478 e. The lowest BCUT2D eigenvalue weighted by Crippen LogP contribution is -2.09. The monoisotopic (exact) mass is 278 g/mol. The summed E-state index contributed by atoms with van der Waals surface area (Å²) in [5.41, 5.74) is 1.08. The van der Waals surface area contributed by atoms with Crippen LogP contribution in [-0.2, 0) is 24.3 Å². The molecule has 100 valence electrons. The van der Waals surface area contributed by atoms with Gasteiger partial charge in [-0.3, -0.25) is 8.89 Å². The zero-order chi connectivity index (χ0) is 13.8. The van der Waals surface area contributed by atoms with Crippen LogP contribution >= 0.6 is 0 Å². The summed E-state index contributed by atoms with van der Waals surface area (Å²) in [5, 5.41) is 13.1. The summed E-state index contributed by atoms with van der Waals surface area (Å²) >= 11 is 0. The highest BCUT2D eigenvalue weighted by Gasteiger charge is 2.14. The fourth-order valence-corrected chi connectivity index (χ4v) is 3.04. The molecule has 0 saturated heterocycles. The van der Waals surface area contributed by atoms with Gasteiger partial charge >= 0.3 is 5.97 Å². The quantitative estimate of drug-likeness (QED) is 0.899. The second-order valence-corrected chi connectivity index (χ2v) is 5.59. The number of aromatic nitrogens is 2. The highest BCUT2D eigenvalue weighted by Crippen LogP contribution is 2.15. The molecule has 2 rings (SSSR count). The van der Waals surface area contributed by atoms with Crippen molar-refractivity contribution in [3.8, 4) is 0 Å². The average molecular weight is 278 g/mol. The number of carboxylic acid groups (broad SMARTS) is 1. The van der Waals surface area contributed by atoms with E-state index in [2.05, 4.69) is 5.10 Å². The summed E-state index contributed by atoms with van der Waals surface area (Å²) in [4.78, 5) is 11.4. The predicted molar refractivity (Wildman–Crippen MR) is 71.6 cm³/mol. The third-order valence-electron chi connectivity index (χ3n) is 2.83. The van der Waals surface area contributed by atoms with Gasteiger partial charge in [-0.15, -0.1) is 0 Å². The van der Waals surface area contributed by atoms with E-state index >= 15 is 0 Å². The van der Waals surface area contributed by atoms with E-state index in [1.165, 1.54) is 6.07 Å². The predicted octanol–water partition coefficient (Wildman–Crippen LogP) is 1.47. The third kappa shape index (κ3) is 3.08. The van der Waals surface area contributed by atoms with Gasteiger partial charge in [0, 0.05) is 31.1 Å². The summed E-state index contributed by atoms with van der Waals surface area (Å²) in [6.45, 7) is 0. The van der Waals surface area contributed by atoms with Crippen LogP contribution in [0.4, 0.5) is 0 Å². The standard InChI is InChI=1S/C13H14N2O3S/c1-15-10(6-8-14-15)7-9-19(18)12-5-3-2-4-11(12)13(16)17/h2-6,8H,7,9H2,1H3,(H,16,17). The maximum atomic E-state index is 12.2. The Morgan fingerprint density at radius 1 is 1.37 bits per heavy atom. The van der Waals surface area contributed by atoms with Crippen LogP contribution in [0.5, 0.6) is 0 Å². The highest BCUT2D eigenvalue weighted by atomic mass is 32.2. The van der Waals surface area contributed by atoms with E-state index in [-0.39, 0.29) is 5.56 Å². The first-order valence-electron chi connectivity index (χ1n) is 5.77. The SMILES string of the molecule is Cn1nccc1CCS(=O)c1ccccc1C(=O)O. The number of nitrogens with zero attached hydrogens (tertiary/aromatic N) is 2. The lowest BCUT2D eigenvalue weighted by atomic mass is 10.2. The number of rotatable bonds is 5. The van der Waals surface area contributed by atoms with E-state index in [1.54, 1.807) is 29.1 Å². The van der Waals surface area contributed by atoms with Gasteiger partial charge in [-0.2, -0.15) is 5.10 Å². The van der Waals surface area contributed by atoms with Crippen molar-refractivity contribution >= 4 is 16.8 Å². The van der Waals surface area contributed by atoms with E-state index in [0.29, 0.717) is 17.1 Å². The molecule has 1 N–H and O–H groups in total. The van der Waals surface area contributed by atoms with E-state index in [4.69, 9.17) is 5.11 Å². The maximum absolute atomic E-state index is 12.2. The minimum Gasteiger partial charge on any atom is -0.478 e. The number of carbonyl (C=O) groups is 1. The zero-order valence-corrected chi connectivity index (χ0v) is 11.3. The second-order valence-electron chi connectivity index (χ2n) is 4.05. The van der Waals surface area contributed by atoms with Gasteiger partial charge in [-0.05, 0) is 18.2 Å². The molecule has 1 aromatic carbocycles. The smallest absolute Gasteiger partial charge is 0.336 e. The van der Waals surface area contributed by atoms with E-state index < -0.39 is 16.8 Å². The fraction of sp³-hybridized carbons (Fsp3) is 0.231. The number of hydrogen-bond donors (Lipinski definition) is 1. The van der Waals surface area contributed by atoms with Crippen LogP contribution in [0.15, 0.2) is 41.4 Å². The number of carboxylic acids is 1. The van der Waals surface area contributed by atoms with E-state index in [0.717, 1.165) is 5.69 Å². The minimum atomic E-state index is -1.33. The van der Waals surface area contributed by atoms with Crippen molar-refractivity contribution in [1.29, 1.82) is 0 Å². The summed E-state index contributed by atoms with van der Waals surface area (Å²) < 4.78 is 13.9. The van der Waals surface area contributed by atoms with Crippen molar-refractivity contribution < 1.29 is 14.1 Å². The molecule has 0 aliphatic rings. The van der Waals surface area contributed by atoms with Gasteiger partial charge in [0.05, 0.1) is 21.3 Å². The lowest BCUT2D eigenvalue weighted by molar-refractivity contribution is 0.0693. The van der Waals surface area contributed by atoms with Gasteiger partial charge in [0.2, 0.25) is 0 Å². The Morgan fingerprint density at radius 2 is 2.11 bits per heavy atom. The van der Waals surface area contributed by atoms with Crippen molar-refractivity contribution in [2.75, 3.05) is 5.75 Å². The molecule has 0 amide bonds. The Morgan fingerprint density at radius 3 is 2.74 bits per heavy atom. The van der Waals surface area contributed by atoms with Gasteiger partial charge in [0.15, 0.2) is 0 Å². The molecule has 0 spiro atoms. The van der Waals surface area contributed by atoms with Crippen molar-refractivity contribution in [2.24, 2.45) is 7.05 Å². The summed E-state index contributed by atoms with van der Waals surface area (Å²) in [7, 11) is 0.492. The Kier molecular flexibility index (Phi) is 4.11. The number of aromatic carboxylic acids is 1. The molecule has 1 unspecified atom stereocenters. The molecule has 1 heterocycles. The van der Waals surface area contributed by atoms with Gasteiger partial charge in [0.1, 0.15) is 0 Å². The molecule has 1 aromatic heterocycles. The Hall–Kier alpha value is -1.95. The molecular formula is C13H14N2O3S. The van der Waals surface area contributed by atoms with Crippen LogP contribution < -0.4 is 0 Å². The molecule has 2 aromatic rings. The molecule has 19 heavy (non-hydrogen) atoms. The molecule has 1 atom stereocenters. The second kappa shape index (κ2) is 5.79. The molecule has 0 saturated carbocycles. The van der Waals surface area contributed by atoms with Crippen LogP contribution in [0.1, 0.15) is 16.1 Å². The summed E-state index contributed by atoms with van der Waals surface area (Å²) in [6.07, 6.45) is 2.28. The molecule has 0 fully saturated rings. The molecule has 0 radical (unpaired) electrons. The van der Waals surface area contributed by atoms with E-state index in [1.807, 2.05) is 13.1 Å². The Balaban J connectivity index is 2.13. The third-order valence-corrected chi connectivity index (χ3v) is 4.25. The van der Waals surface area contributed by atoms with Crippen molar-refractivity contribution in [3.05, 3.63) is 47.8 Å². The number of aryl methyl sites for hydroxylation is 2. The van der Waals surface area contributed by atoms with Gasteiger partial charge in [-0.25, -0.2) is 4.79 Å². The first-order chi connectivity index (χ1) is 9.09. The minimum absolute atomic E-state index is 0.103. The summed E-state index contributed by atoms with van der Waals surface area (Å²) in [5.74, 6) is -0.673. The van der Waals surface area contributed by atoms with Crippen molar-refractivity contribution in [3.63, 3.8) is 0 Å². The van der Waals surface area contributed by atoms with Crippen LogP contribution in [0.2, 0.25) is 0 Å². The fourth-order valence-electron chi connectivity index (χ4n) is 1.80.